The normalized spacial score (nSPS) is 23.1. The molecule has 3 N–H and O–H groups in total. The highest BCUT2D eigenvalue weighted by molar-refractivity contribution is 6.00. The first-order valence-electron chi connectivity index (χ1n) is 6.40. The number of aliphatic carboxylic acids is 1. The number of carbonyl (C=O) groups excluding carboxylic acids is 1. The summed E-state index contributed by atoms with van der Waals surface area (Å²) in [5.41, 5.74) is 6.55. The van der Waals surface area contributed by atoms with E-state index >= 15 is 0 Å². The minimum atomic E-state index is -0.949. The smallest absolute Gasteiger partial charge is 0.326 e. The zero-order valence-corrected chi connectivity index (χ0v) is 10.9. The van der Waals surface area contributed by atoms with Crippen LogP contribution in [0.4, 0.5) is 5.69 Å². The van der Waals surface area contributed by atoms with E-state index in [-0.39, 0.29) is 11.8 Å². The van der Waals surface area contributed by atoms with Crippen LogP contribution in [-0.4, -0.2) is 34.5 Å². The third-order valence-electron chi connectivity index (χ3n) is 3.64. The van der Waals surface area contributed by atoms with Crippen molar-refractivity contribution in [2.24, 2.45) is 5.92 Å². The summed E-state index contributed by atoms with van der Waals surface area (Å²) in [6.45, 7) is 2.33. The molecule has 2 rings (SSSR count). The predicted molar refractivity (Wildman–Crippen MR) is 71.7 cm³/mol. The van der Waals surface area contributed by atoms with Gasteiger partial charge in [0.1, 0.15) is 6.04 Å². The van der Waals surface area contributed by atoms with Gasteiger partial charge < -0.3 is 15.7 Å². The summed E-state index contributed by atoms with van der Waals surface area (Å²) >= 11 is 0. The Balaban J connectivity index is 2.31. The molecule has 1 heterocycles. The molecule has 19 heavy (non-hydrogen) atoms. The van der Waals surface area contributed by atoms with Crippen molar-refractivity contribution in [2.45, 2.75) is 25.8 Å². The third-order valence-corrected chi connectivity index (χ3v) is 3.64. The van der Waals surface area contributed by atoms with Crippen LogP contribution in [0.2, 0.25) is 0 Å². The summed E-state index contributed by atoms with van der Waals surface area (Å²) in [5.74, 6) is -1.28. The van der Waals surface area contributed by atoms with E-state index in [4.69, 9.17) is 5.73 Å². The second-order valence-corrected chi connectivity index (χ2v) is 4.99. The number of nitrogens with two attached hydrogens (primary N) is 1. The number of nitrogen functional groups attached to an aromatic ring is 1. The van der Waals surface area contributed by atoms with Crippen molar-refractivity contribution in [2.75, 3.05) is 12.3 Å². The highest BCUT2D eigenvalue weighted by Gasteiger charge is 2.37. The van der Waals surface area contributed by atoms with E-state index in [1.165, 1.54) is 4.90 Å². The number of benzene rings is 1. The lowest BCUT2D eigenvalue weighted by molar-refractivity contribution is -0.145. The van der Waals surface area contributed by atoms with Gasteiger partial charge in [0.25, 0.3) is 5.91 Å². The van der Waals surface area contributed by atoms with E-state index in [9.17, 15) is 14.7 Å². The number of para-hydroxylation sites is 1. The van der Waals surface area contributed by atoms with Gasteiger partial charge in [-0.3, -0.25) is 4.79 Å². The van der Waals surface area contributed by atoms with E-state index in [2.05, 4.69) is 0 Å². The molecule has 1 aliphatic heterocycles. The highest BCUT2D eigenvalue weighted by atomic mass is 16.4. The van der Waals surface area contributed by atoms with Crippen LogP contribution in [0.15, 0.2) is 24.3 Å². The molecule has 1 aromatic rings. The topological polar surface area (TPSA) is 83.6 Å². The van der Waals surface area contributed by atoms with Gasteiger partial charge in [0.05, 0.1) is 5.56 Å². The maximum absolute atomic E-state index is 12.5. The van der Waals surface area contributed by atoms with Crippen molar-refractivity contribution >= 4 is 17.6 Å². The molecule has 2 unspecified atom stereocenters. The molecule has 0 radical (unpaired) electrons. The van der Waals surface area contributed by atoms with Crippen LogP contribution >= 0.6 is 0 Å². The predicted octanol–water partition coefficient (Wildman–Crippen LogP) is 1.59. The van der Waals surface area contributed by atoms with Gasteiger partial charge in [-0.2, -0.15) is 0 Å². The number of carboxylic acids is 1. The molecule has 0 bridgehead atoms. The number of carbonyl (C=O) groups is 2. The monoisotopic (exact) mass is 262 g/mol. The molecular weight excluding hydrogens is 244 g/mol. The molecule has 2 atom stereocenters. The zero-order valence-electron chi connectivity index (χ0n) is 10.9. The Morgan fingerprint density at radius 1 is 1.37 bits per heavy atom. The SMILES string of the molecule is CC1CCCN(C(=O)c2ccccc2N)C1C(=O)O. The first-order chi connectivity index (χ1) is 9.02. The molecule has 1 saturated heterocycles. The van der Waals surface area contributed by atoms with E-state index in [1.807, 2.05) is 6.92 Å². The van der Waals surface area contributed by atoms with Crippen molar-refractivity contribution in [1.82, 2.24) is 4.90 Å². The van der Waals surface area contributed by atoms with Gasteiger partial charge in [-0.05, 0) is 30.9 Å². The number of hydrogen-bond acceptors (Lipinski definition) is 3. The molecular formula is C14H18N2O3. The molecule has 1 amide bonds. The molecule has 1 aromatic carbocycles. The Morgan fingerprint density at radius 3 is 2.68 bits per heavy atom. The lowest BCUT2D eigenvalue weighted by Crippen LogP contribution is -2.52. The number of likely N-dealkylation sites (tertiary alicyclic amines) is 1. The Bertz CT molecular complexity index is 501. The average molecular weight is 262 g/mol. The lowest BCUT2D eigenvalue weighted by Gasteiger charge is -2.37. The summed E-state index contributed by atoms with van der Waals surface area (Å²) < 4.78 is 0. The van der Waals surface area contributed by atoms with Gasteiger partial charge in [-0.15, -0.1) is 0 Å². The maximum Gasteiger partial charge on any atom is 0.326 e. The second kappa shape index (κ2) is 5.30. The minimum Gasteiger partial charge on any atom is -0.480 e. The molecule has 0 aliphatic carbocycles. The second-order valence-electron chi connectivity index (χ2n) is 4.99. The number of carboxylic acid groups (broad SMARTS) is 1. The zero-order chi connectivity index (χ0) is 14.0. The van der Waals surface area contributed by atoms with Crippen molar-refractivity contribution in [3.05, 3.63) is 29.8 Å². The third kappa shape index (κ3) is 2.54. The van der Waals surface area contributed by atoms with Crippen LogP contribution in [0, 0.1) is 5.92 Å². The maximum atomic E-state index is 12.5. The highest BCUT2D eigenvalue weighted by Crippen LogP contribution is 2.26. The van der Waals surface area contributed by atoms with Gasteiger partial charge in [0.15, 0.2) is 0 Å². The van der Waals surface area contributed by atoms with Gasteiger partial charge in [-0.1, -0.05) is 19.1 Å². The summed E-state index contributed by atoms with van der Waals surface area (Å²) in [6.07, 6.45) is 1.65. The standard InChI is InChI=1S/C14H18N2O3/c1-9-5-4-8-16(12(9)14(18)19)13(17)10-6-2-3-7-11(10)15/h2-3,6-7,9,12H,4-5,8,15H2,1H3,(H,18,19). The van der Waals surface area contributed by atoms with E-state index in [0.29, 0.717) is 17.8 Å². The Morgan fingerprint density at radius 2 is 2.05 bits per heavy atom. The van der Waals surface area contributed by atoms with E-state index < -0.39 is 12.0 Å². The Kier molecular flexibility index (Phi) is 3.74. The van der Waals surface area contributed by atoms with Crippen molar-refractivity contribution in [1.29, 1.82) is 0 Å². The Hall–Kier alpha value is -2.04. The van der Waals surface area contributed by atoms with Crippen molar-refractivity contribution in [3.63, 3.8) is 0 Å². The van der Waals surface area contributed by atoms with Crippen molar-refractivity contribution < 1.29 is 14.7 Å². The van der Waals surface area contributed by atoms with Gasteiger partial charge in [-0.25, -0.2) is 4.79 Å². The van der Waals surface area contributed by atoms with Gasteiger partial charge in [0.2, 0.25) is 0 Å². The Labute approximate surface area is 112 Å². The fourth-order valence-electron chi connectivity index (χ4n) is 2.64. The number of piperidine rings is 1. The molecule has 5 nitrogen and oxygen atoms in total. The fraction of sp³-hybridized carbons (Fsp3) is 0.429. The number of rotatable bonds is 2. The first-order valence-corrected chi connectivity index (χ1v) is 6.40. The van der Waals surface area contributed by atoms with Crippen LogP contribution in [-0.2, 0) is 4.79 Å². The summed E-state index contributed by atoms with van der Waals surface area (Å²) in [5, 5.41) is 9.32. The molecule has 0 saturated carbocycles. The van der Waals surface area contributed by atoms with Crippen LogP contribution < -0.4 is 5.73 Å². The van der Waals surface area contributed by atoms with E-state index in [0.717, 1.165) is 12.8 Å². The molecule has 0 spiro atoms. The van der Waals surface area contributed by atoms with Gasteiger partial charge in [0, 0.05) is 12.2 Å². The van der Waals surface area contributed by atoms with Crippen LogP contribution in [0.3, 0.4) is 0 Å². The van der Waals surface area contributed by atoms with Crippen LogP contribution in [0.1, 0.15) is 30.1 Å². The summed E-state index contributed by atoms with van der Waals surface area (Å²) in [7, 11) is 0. The minimum absolute atomic E-state index is 0.0415. The van der Waals surface area contributed by atoms with Crippen LogP contribution in [0.25, 0.3) is 0 Å². The average Bonchev–Trinajstić information content (AvgIpc) is 2.37. The number of anilines is 1. The van der Waals surface area contributed by atoms with Gasteiger partial charge >= 0.3 is 5.97 Å². The molecule has 1 aliphatic rings. The molecule has 0 aromatic heterocycles. The largest absolute Gasteiger partial charge is 0.480 e. The number of amides is 1. The molecule has 1 fully saturated rings. The van der Waals surface area contributed by atoms with Crippen molar-refractivity contribution in [3.8, 4) is 0 Å². The summed E-state index contributed by atoms with van der Waals surface area (Å²) in [4.78, 5) is 25.3. The molecule has 5 heteroatoms. The molecule has 102 valence electrons. The van der Waals surface area contributed by atoms with Crippen LogP contribution in [0.5, 0.6) is 0 Å². The number of hydrogen-bond donors (Lipinski definition) is 2. The number of nitrogens with zero attached hydrogens (tertiary/aromatic N) is 1. The van der Waals surface area contributed by atoms with E-state index in [1.54, 1.807) is 24.3 Å². The summed E-state index contributed by atoms with van der Waals surface area (Å²) in [6, 6.07) is 6.00. The first kappa shape index (κ1) is 13.4. The lowest BCUT2D eigenvalue weighted by atomic mass is 9.90. The fourth-order valence-corrected chi connectivity index (χ4v) is 2.64. The quantitative estimate of drug-likeness (QED) is 0.793.